The number of hydrogen-bond acceptors (Lipinski definition) is 3. The maximum Gasteiger partial charge on any atom is 0.222 e. The molecule has 0 atom stereocenters. The Morgan fingerprint density at radius 1 is 1.62 bits per heavy atom. The number of thiophene rings is 1. The summed E-state index contributed by atoms with van der Waals surface area (Å²) >= 11 is 1.74. The van der Waals surface area contributed by atoms with Crippen molar-refractivity contribution in [3.63, 3.8) is 0 Å². The van der Waals surface area contributed by atoms with E-state index in [9.17, 15) is 9.90 Å². The van der Waals surface area contributed by atoms with Crippen LogP contribution in [0.4, 0.5) is 0 Å². The number of carbonyl (C=O) groups excluding carboxylic acids is 1. The lowest BCUT2D eigenvalue weighted by Gasteiger charge is -2.44. The lowest BCUT2D eigenvalue weighted by atomic mass is 9.96. The molecule has 1 fully saturated rings. The van der Waals surface area contributed by atoms with Gasteiger partial charge in [0.15, 0.2) is 0 Å². The molecule has 1 aliphatic heterocycles. The van der Waals surface area contributed by atoms with E-state index in [0.717, 1.165) is 12.8 Å². The van der Waals surface area contributed by atoms with Gasteiger partial charge in [0.2, 0.25) is 5.91 Å². The Bertz CT molecular complexity index is 351. The zero-order valence-corrected chi connectivity index (χ0v) is 10.3. The first-order valence-corrected chi connectivity index (χ1v) is 6.47. The van der Waals surface area contributed by atoms with Gasteiger partial charge in [0.1, 0.15) is 0 Å². The van der Waals surface area contributed by atoms with Crippen LogP contribution < -0.4 is 0 Å². The first-order chi connectivity index (χ1) is 7.57. The average molecular weight is 239 g/mol. The molecule has 0 aliphatic carbocycles. The topological polar surface area (TPSA) is 40.5 Å². The van der Waals surface area contributed by atoms with E-state index in [2.05, 4.69) is 11.4 Å². The Morgan fingerprint density at radius 2 is 2.38 bits per heavy atom. The molecule has 0 bridgehead atoms. The smallest absolute Gasteiger partial charge is 0.222 e. The van der Waals surface area contributed by atoms with Crippen molar-refractivity contribution in [3.05, 3.63) is 22.4 Å². The molecule has 0 spiro atoms. The van der Waals surface area contributed by atoms with Crippen molar-refractivity contribution < 1.29 is 9.90 Å². The monoisotopic (exact) mass is 239 g/mol. The van der Waals surface area contributed by atoms with Gasteiger partial charge < -0.3 is 10.0 Å². The number of hydrogen-bond donors (Lipinski definition) is 1. The largest absolute Gasteiger partial charge is 0.386 e. The van der Waals surface area contributed by atoms with E-state index in [-0.39, 0.29) is 5.91 Å². The molecule has 1 N–H and O–H groups in total. The van der Waals surface area contributed by atoms with Crippen molar-refractivity contribution in [3.8, 4) is 0 Å². The first-order valence-electron chi connectivity index (χ1n) is 5.59. The normalized spacial score (nSPS) is 18.2. The predicted molar refractivity (Wildman–Crippen MR) is 64.5 cm³/mol. The fourth-order valence-corrected chi connectivity index (χ4v) is 2.73. The van der Waals surface area contributed by atoms with Crippen LogP contribution in [0.1, 0.15) is 24.6 Å². The highest BCUT2D eigenvalue weighted by atomic mass is 32.1. The standard InChI is InChI=1S/C12H17NO2S/c1-12(15)8-13(9-12)11(14)6-2-4-10-5-3-7-16-10/h3,5,7,15H,2,4,6,8-9H2,1H3. The van der Waals surface area contributed by atoms with Crippen LogP contribution in [-0.4, -0.2) is 34.6 Å². The third-order valence-electron chi connectivity index (χ3n) is 2.81. The van der Waals surface area contributed by atoms with Crippen molar-refractivity contribution >= 4 is 17.2 Å². The van der Waals surface area contributed by atoms with Crippen molar-refractivity contribution in [2.24, 2.45) is 0 Å². The molecule has 1 aromatic heterocycles. The summed E-state index contributed by atoms with van der Waals surface area (Å²) in [5.41, 5.74) is -0.649. The maximum atomic E-state index is 11.7. The molecule has 0 aromatic carbocycles. The quantitative estimate of drug-likeness (QED) is 0.868. The second-order valence-corrected chi connectivity index (χ2v) is 5.71. The summed E-state index contributed by atoms with van der Waals surface area (Å²) in [5.74, 6) is 0.170. The molecule has 1 aliphatic rings. The average Bonchev–Trinajstić information content (AvgIpc) is 2.66. The fourth-order valence-electron chi connectivity index (χ4n) is 1.98. The van der Waals surface area contributed by atoms with Crippen LogP contribution in [0.25, 0.3) is 0 Å². The third kappa shape index (κ3) is 2.83. The zero-order valence-electron chi connectivity index (χ0n) is 9.48. The summed E-state index contributed by atoms with van der Waals surface area (Å²) in [6, 6.07) is 4.14. The minimum atomic E-state index is -0.649. The number of aliphatic hydroxyl groups is 1. The molecule has 0 radical (unpaired) electrons. The predicted octanol–water partition coefficient (Wildman–Crippen LogP) is 1.66. The highest BCUT2D eigenvalue weighted by Gasteiger charge is 2.38. The molecule has 0 unspecified atom stereocenters. The summed E-state index contributed by atoms with van der Waals surface area (Å²) in [7, 11) is 0. The molecule has 4 heteroatoms. The van der Waals surface area contributed by atoms with Crippen molar-refractivity contribution in [2.45, 2.75) is 31.8 Å². The number of aryl methyl sites for hydroxylation is 1. The second kappa shape index (κ2) is 4.55. The van der Waals surface area contributed by atoms with Crippen molar-refractivity contribution in [1.29, 1.82) is 0 Å². The summed E-state index contributed by atoms with van der Waals surface area (Å²) in [6.45, 7) is 2.75. The Balaban J connectivity index is 1.65. The second-order valence-electron chi connectivity index (χ2n) is 4.68. The molecule has 1 saturated heterocycles. The van der Waals surface area contributed by atoms with Crippen molar-refractivity contribution in [2.75, 3.05) is 13.1 Å². The molecule has 1 aromatic rings. The minimum absolute atomic E-state index is 0.170. The summed E-state index contributed by atoms with van der Waals surface area (Å²) in [5, 5.41) is 11.6. The van der Waals surface area contributed by atoms with Crippen LogP contribution in [-0.2, 0) is 11.2 Å². The number of nitrogens with zero attached hydrogens (tertiary/aromatic N) is 1. The van der Waals surface area contributed by atoms with Gasteiger partial charge in [-0.2, -0.15) is 0 Å². The Kier molecular flexibility index (Phi) is 3.30. The number of rotatable bonds is 4. The molecular formula is C12H17NO2S. The Morgan fingerprint density at radius 3 is 2.94 bits per heavy atom. The minimum Gasteiger partial charge on any atom is -0.386 e. The van der Waals surface area contributed by atoms with E-state index in [1.54, 1.807) is 23.2 Å². The number of carbonyl (C=O) groups is 1. The van der Waals surface area contributed by atoms with E-state index < -0.39 is 5.60 Å². The molecule has 2 rings (SSSR count). The Hall–Kier alpha value is -0.870. The first kappa shape index (κ1) is 11.6. The third-order valence-corrected chi connectivity index (χ3v) is 3.75. The van der Waals surface area contributed by atoms with Crippen LogP contribution in [0.15, 0.2) is 17.5 Å². The van der Waals surface area contributed by atoms with Crippen LogP contribution in [0, 0.1) is 0 Å². The highest BCUT2D eigenvalue weighted by molar-refractivity contribution is 7.09. The van der Waals surface area contributed by atoms with Crippen LogP contribution in [0.3, 0.4) is 0 Å². The van der Waals surface area contributed by atoms with E-state index in [1.165, 1.54) is 4.88 Å². The van der Waals surface area contributed by atoms with E-state index >= 15 is 0 Å². The van der Waals surface area contributed by atoms with Gasteiger partial charge in [0, 0.05) is 11.3 Å². The molecule has 3 nitrogen and oxygen atoms in total. The van der Waals surface area contributed by atoms with Gasteiger partial charge in [-0.25, -0.2) is 0 Å². The lowest BCUT2D eigenvalue weighted by molar-refractivity contribution is -0.152. The molecule has 0 saturated carbocycles. The number of β-amino-alcohol motifs (C(OH)–C–C–N with tert-alkyl or cyclic N) is 1. The van der Waals surface area contributed by atoms with Gasteiger partial charge in [-0.1, -0.05) is 6.07 Å². The van der Waals surface area contributed by atoms with Gasteiger partial charge in [-0.05, 0) is 31.2 Å². The molecular weight excluding hydrogens is 222 g/mol. The Labute approximate surface area is 99.7 Å². The zero-order chi connectivity index (χ0) is 11.6. The summed E-state index contributed by atoms with van der Waals surface area (Å²) in [4.78, 5) is 14.7. The molecule has 16 heavy (non-hydrogen) atoms. The maximum absolute atomic E-state index is 11.7. The van der Waals surface area contributed by atoms with Gasteiger partial charge in [0.25, 0.3) is 0 Å². The SMILES string of the molecule is CC1(O)CN(C(=O)CCCc2cccs2)C1. The number of likely N-dealkylation sites (tertiary alicyclic amines) is 1. The number of amides is 1. The summed E-state index contributed by atoms with van der Waals surface area (Å²) < 4.78 is 0. The van der Waals surface area contributed by atoms with Crippen LogP contribution in [0.5, 0.6) is 0 Å². The van der Waals surface area contributed by atoms with Gasteiger partial charge in [-0.3, -0.25) is 4.79 Å². The van der Waals surface area contributed by atoms with E-state index in [4.69, 9.17) is 0 Å². The van der Waals surface area contributed by atoms with E-state index in [0.29, 0.717) is 19.5 Å². The molecule has 88 valence electrons. The lowest BCUT2D eigenvalue weighted by Crippen LogP contribution is -2.61. The van der Waals surface area contributed by atoms with Gasteiger partial charge in [0.05, 0.1) is 18.7 Å². The fraction of sp³-hybridized carbons (Fsp3) is 0.583. The van der Waals surface area contributed by atoms with Crippen molar-refractivity contribution in [1.82, 2.24) is 4.90 Å². The highest BCUT2D eigenvalue weighted by Crippen LogP contribution is 2.21. The van der Waals surface area contributed by atoms with Gasteiger partial charge in [-0.15, -0.1) is 11.3 Å². The van der Waals surface area contributed by atoms with Crippen LogP contribution in [0.2, 0.25) is 0 Å². The van der Waals surface area contributed by atoms with E-state index in [1.807, 2.05) is 6.07 Å². The van der Waals surface area contributed by atoms with Crippen LogP contribution >= 0.6 is 11.3 Å². The summed E-state index contributed by atoms with van der Waals surface area (Å²) in [6.07, 6.45) is 2.47. The molecule has 1 amide bonds. The molecule has 2 heterocycles. The van der Waals surface area contributed by atoms with Gasteiger partial charge >= 0.3 is 0 Å².